The maximum atomic E-state index is 13.2. The molecule has 3 rings (SSSR count). The van der Waals surface area contributed by atoms with Crippen molar-refractivity contribution in [2.24, 2.45) is 0 Å². The fourth-order valence-electron chi connectivity index (χ4n) is 2.17. The van der Waals surface area contributed by atoms with Crippen LogP contribution in [-0.2, 0) is 0 Å². The van der Waals surface area contributed by atoms with Gasteiger partial charge in [-0.05, 0) is 43.3 Å². The van der Waals surface area contributed by atoms with Crippen LogP contribution in [0.2, 0.25) is 0 Å². The van der Waals surface area contributed by atoms with Gasteiger partial charge in [0.25, 0.3) is 0 Å². The number of benzene rings is 2. The van der Waals surface area contributed by atoms with Crippen LogP contribution in [0.25, 0.3) is 0 Å². The van der Waals surface area contributed by atoms with Crippen molar-refractivity contribution in [3.05, 3.63) is 66.6 Å². The molecule has 0 spiro atoms. The Morgan fingerprint density at radius 2 is 1.92 bits per heavy atom. The maximum Gasteiger partial charge on any atom is 0.229 e. The zero-order chi connectivity index (χ0) is 16.8. The molecule has 6 heteroatoms. The zero-order valence-corrected chi connectivity index (χ0v) is 13.2. The minimum Gasteiger partial charge on any atom is -0.492 e. The highest BCUT2D eigenvalue weighted by Gasteiger charge is 2.05. The molecule has 0 radical (unpaired) electrons. The molecule has 0 unspecified atom stereocenters. The first-order valence-corrected chi connectivity index (χ1v) is 7.59. The van der Waals surface area contributed by atoms with Gasteiger partial charge in [0, 0.05) is 11.9 Å². The summed E-state index contributed by atoms with van der Waals surface area (Å²) < 4.78 is 18.8. The molecule has 0 fully saturated rings. The summed E-state index contributed by atoms with van der Waals surface area (Å²) >= 11 is 0. The molecule has 0 aliphatic heterocycles. The topological polar surface area (TPSA) is 59.1 Å². The number of halogens is 1. The molecule has 3 aromatic rings. The first-order valence-electron chi connectivity index (χ1n) is 7.59. The Bertz CT molecular complexity index is 825. The Labute approximate surface area is 139 Å². The van der Waals surface area contributed by atoms with Gasteiger partial charge in [-0.1, -0.05) is 18.2 Å². The van der Waals surface area contributed by atoms with Crippen molar-refractivity contribution < 1.29 is 9.13 Å². The molecule has 0 aliphatic rings. The highest BCUT2D eigenvalue weighted by atomic mass is 19.1. The van der Waals surface area contributed by atoms with Gasteiger partial charge in [0.05, 0.1) is 12.3 Å². The third kappa shape index (κ3) is 3.98. The third-order valence-corrected chi connectivity index (χ3v) is 3.19. The van der Waals surface area contributed by atoms with Crippen molar-refractivity contribution in [3.63, 3.8) is 0 Å². The van der Waals surface area contributed by atoms with E-state index >= 15 is 0 Å². The average Bonchev–Trinajstić information content (AvgIpc) is 2.57. The van der Waals surface area contributed by atoms with Crippen molar-refractivity contribution in [2.45, 2.75) is 6.92 Å². The molecule has 0 saturated heterocycles. The van der Waals surface area contributed by atoms with Crippen LogP contribution in [-0.4, -0.2) is 16.6 Å². The summed E-state index contributed by atoms with van der Waals surface area (Å²) in [5.41, 5.74) is 1.40. The monoisotopic (exact) mass is 324 g/mol. The van der Waals surface area contributed by atoms with Gasteiger partial charge in [-0.15, -0.1) is 0 Å². The number of anilines is 4. The lowest BCUT2D eigenvalue weighted by atomic mass is 10.3. The van der Waals surface area contributed by atoms with Gasteiger partial charge in [-0.25, -0.2) is 9.37 Å². The Hall–Kier alpha value is -3.15. The molecular formula is C18H17FN4O. The molecule has 1 heterocycles. The summed E-state index contributed by atoms with van der Waals surface area (Å²) in [6.07, 6.45) is 1.63. The molecule has 0 bridgehead atoms. The molecule has 0 saturated carbocycles. The number of aromatic nitrogens is 2. The third-order valence-electron chi connectivity index (χ3n) is 3.19. The number of hydrogen-bond donors (Lipinski definition) is 2. The fraction of sp³-hybridized carbons (Fsp3) is 0.111. The summed E-state index contributed by atoms with van der Waals surface area (Å²) in [6, 6.07) is 15.5. The number of ether oxygens (including phenoxy) is 1. The molecule has 122 valence electrons. The van der Waals surface area contributed by atoms with Gasteiger partial charge >= 0.3 is 0 Å². The minimum absolute atomic E-state index is 0.320. The van der Waals surface area contributed by atoms with E-state index in [0.717, 1.165) is 11.4 Å². The fourth-order valence-corrected chi connectivity index (χ4v) is 2.17. The van der Waals surface area contributed by atoms with Crippen LogP contribution in [0.1, 0.15) is 6.92 Å². The second-order valence-corrected chi connectivity index (χ2v) is 4.96. The predicted octanol–water partition coefficient (Wildman–Crippen LogP) is 4.50. The van der Waals surface area contributed by atoms with Gasteiger partial charge in [0.1, 0.15) is 17.4 Å². The highest BCUT2D eigenvalue weighted by molar-refractivity contribution is 5.65. The average molecular weight is 324 g/mol. The standard InChI is InChI=1S/C18H17FN4O/c1-2-24-16-9-4-3-8-15(16)22-17-10-11-20-18(23-17)21-14-7-5-6-13(19)12-14/h3-12H,2H2,1H3,(H2,20,21,22,23). The molecule has 2 aromatic carbocycles. The molecule has 0 amide bonds. The lowest BCUT2D eigenvalue weighted by Gasteiger charge is -2.12. The van der Waals surface area contributed by atoms with Crippen molar-refractivity contribution in [3.8, 4) is 5.75 Å². The lowest BCUT2D eigenvalue weighted by molar-refractivity contribution is 0.342. The number of para-hydroxylation sites is 2. The molecule has 0 aliphatic carbocycles. The summed E-state index contributed by atoms with van der Waals surface area (Å²) in [4.78, 5) is 8.53. The Balaban J connectivity index is 1.78. The molecule has 24 heavy (non-hydrogen) atoms. The molecule has 1 aromatic heterocycles. The SMILES string of the molecule is CCOc1ccccc1Nc1ccnc(Nc2cccc(F)c2)n1. The largest absolute Gasteiger partial charge is 0.492 e. The first kappa shape index (κ1) is 15.7. The molecule has 0 atom stereocenters. The van der Waals surface area contributed by atoms with Crippen LogP contribution in [0.3, 0.4) is 0 Å². The molecule has 2 N–H and O–H groups in total. The molecular weight excluding hydrogens is 307 g/mol. The number of hydrogen-bond acceptors (Lipinski definition) is 5. The van der Waals surface area contributed by atoms with Crippen LogP contribution < -0.4 is 15.4 Å². The van der Waals surface area contributed by atoms with Crippen LogP contribution >= 0.6 is 0 Å². The quantitative estimate of drug-likeness (QED) is 0.699. The summed E-state index contributed by atoms with van der Waals surface area (Å²) in [5.74, 6) is 1.41. The second-order valence-electron chi connectivity index (χ2n) is 4.96. The van der Waals surface area contributed by atoms with Gasteiger partial charge < -0.3 is 15.4 Å². The Kier molecular flexibility index (Phi) is 4.86. The van der Waals surface area contributed by atoms with E-state index in [0.29, 0.717) is 24.1 Å². The normalized spacial score (nSPS) is 10.2. The minimum atomic E-state index is -0.320. The first-order chi connectivity index (χ1) is 11.7. The van der Waals surface area contributed by atoms with E-state index in [1.807, 2.05) is 31.2 Å². The maximum absolute atomic E-state index is 13.2. The molecule has 5 nitrogen and oxygen atoms in total. The van der Waals surface area contributed by atoms with Crippen LogP contribution in [0.15, 0.2) is 60.8 Å². The van der Waals surface area contributed by atoms with E-state index in [2.05, 4.69) is 20.6 Å². The predicted molar refractivity (Wildman–Crippen MR) is 92.6 cm³/mol. The van der Waals surface area contributed by atoms with E-state index in [1.165, 1.54) is 12.1 Å². The zero-order valence-electron chi connectivity index (χ0n) is 13.2. The van der Waals surface area contributed by atoms with E-state index in [1.54, 1.807) is 24.4 Å². The van der Waals surface area contributed by atoms with Gasteiger partial charge in [0.2, 0.25) is 5.95 Å². The highest BCUT2D eigenvalue weighted by Crippen LogP contribution is 2.27. The van der Waals surface area contributed by atoms with Crippen molar-refractivity contribution >= 4 is 23.1 Å². The van der Waals surface area contributed by atoms with Crippen LogP contribution in [0, 0.1) is 5.82 Å². The van der Waals surface area contributed by atoms with E-state index in [9.17, 15) is 4.39 Å². The van der Waals surface area contributed by atoms with Crippen LogP contribution in [0.5, 0.6) is 5.75 Å². The van der Waals surface area contributed by atoms with Crippen LogP contribution in [0.4, 0.5) is 27.5 Å². The van der Waals surface area contributed by atoms with Gasteiger partial charge in [-0.3, -0.25) is 0 Å². The number of rotatable bonds is 6. The number of nitrogens with one attached hydrogen (secondary N) is 2. The summed E-state index contributed by atoms with van der Waals surface area (Å²) in [6.45, 7) is 2.51. The second kappa shape index (κ2) is 7.41. The summed E-state index contributed by atoms with van der Waals surface area (Å²) in [7, 11) is 0. The number of nitrogens with zero attached hydrogens (tertiary/aromatic N) is 2. The smallest absolute Gasteiger partial charge is 0.229 e. The Morgan fingerprint density at radius 3 is 2.75 bits per heavy atom. The summed E-state index contributed by atoms with van der Waals surface area (Å²) in [5, 5.41) is 6.18. The van der Waals surface area contributed by atoms with E-state index < -0.39 is 0 Å². The van der Waals surface area contributed by atoms with Gasteiger partial charge in [0.15, 0.2) is 0 Å². The van der Waals surface area contributed by atoms with Crippen molar-refractivity contribution in [1.82, 2.24) is 9.97 Å². The lowest BCUT2D eigenvalue weighted by Crippen LogP contribution is -2.02. The van der Waals surface area contributed by atoms with Crippen molar-refractivity contribution in [1.29, 1.82) is 0 Å². The Morgan fingerprint density at radius 1 is 1.04 bits per heavy atom. The van der Waals surface area contributed by atoms with Gasteiger partial charge in [-0.2, -0.15) is 4.98 Å². The van der Waals surface area contributed by atoms with E-state index in [-0.39, 0.29) is 5.82 Å². The van der Waals surface area contributed by atoms with E-state index in [4.69, 9.17) is 4.74 Å². The van der Waals surface area contributed by atoms with Crippen molar-refractivity contribution in [2.75, 3.05) is 17.2 Å².